The second-order valence-corrected chi connectivity index (χ2v) is 9.77. The minimum absolute atomic E-state index is 0.536. The zero-order chi connectivity index (χ0) is 18.6. The SMILES string of the molecule is C=C1CCCC/C1=C\C=C1/CCCC2(C)C(C/C=C/CC(C)C)CCC12. The summed E-state index contributed by atoms with van der Waals surface area (Å²) in [7, 11) is 0. The van der Waals surface area contributed by atoms with Gasteiger partial charge in [-0.1, -0.05) is 62.8 Å². The molecule has 0 N–H and O–H groups in total. The third-order valence-corrected chi connectivity index (χ3v) is 7.48. The molecule has 0 radical (unpaired) electrons. The zero-order valence-corrected chi connectivity index (χ0v) is 17.5. The molecule has 0 spiro atoms. The van der Waals surface area contributed by atoms with Crippen LogP contribution in [-0.2, 0) is 0 Å². The molecule has 0 heterocycles. The van der Waals surface area contributed by atoms with E-state index in [1.54, 1.807) is 5.57 Å². The summed E-state index contributed by atoms with van der Waals surface area (Å²) in [4.78, 5) is 0. The van der Waals surface area contributed by atoms with Crippen molar-refractivity contribution in [3.63, 3.8) is 0 Å². The van der Waals surface area contributed by atoms with Gasteiger partial charge in [-0.25, -0.2) is 0 Å². The Hall–Kier alpha value is -1.04. The lowest BCUT2D eigenvalue weighted by atomic mass is 9.63. The summed E-state index contributed by atoms with van der Waals surface area (Å²) in [5, 5.41) is 0. The van der Waals surface area contributed by atoms with Crippen molar-refractivity contribution in [3.8, 4) is 0 Å². The fourth-order valence-corrected chi connectivity index (χ4v) is 5.76. The van der Waals surface area contributed by atoms with Crippen LogP contribution < -0.4 is 0 Å². The second-order valence-electron chi connectivity index (χ2n) is 9.77. The van der Waals surface area contributed by atoms with Crippen molar-refractivity contribution < 1.29 is 0 Å². The predicted octanol–water partition coefficient (Wildman–Crippen LogP) is 8.18. The summed E-state index contributed by atoms with van der Waals surface area (Å²) in [6.45, 7) is 11.5. The van der Waals surface area contributed by atoms with E-state index in [-0.39, 0.29) is 0 Å². The van der Waals surface area contributed by atoms with Crippen LogP contribution in [0.5, 0.6) is 0 Å². The van der Waals surface area contributed by atoms with Crippen LogP contribution in [-0.4, -0.2) is 0 Å². The largest absolute Gasteiger partial charge is 0.0956 e. The van der Waals surface area contributed by atoms with E-state index in [2.05, 4.69) is 51.7 Å². The molecule has 3 rings (SSSR count). The molecule has 3 fully saturated rings. The molecule has 3 saturated carbocycles. The van der Waals surface area contributed by atoms with Gasteiger partial charge < -0.3 is 0 Å². The van der Waals surface area contributed by atoms with Gasteiger partial charge in [0.1, 0.15) is 0 Å². The number of rotatable bonds is 5. The van der Waals surface area contributed by atoms with Crippen molar-refractivity contribution in [2.75, 3.05) is 0 Å². The van der Waals surface area contributed by atoms with Crippen LogP contribution >= 0.6 is 0 Å². The molecule has 3 unspecified atom stereocenters. The Morgan fingerprint density at radius 3 is 2.62 bits per heavy atom. The van der Waals surface area contributed by atoms with E-state index < -0.39 is 0 Å². The zero-order valence-electron chi connectivity index (χ0n) is 17.5. The molecule has 3 atom stereocenters. The van der Waals surface area contributed by atoms with Gasteiger partial charge in [0.15, 0.2) is 0 Å². The number of hydrogen-bond acceptors (Lipinski definition) is 0. The first kappa shape index (κ1) is 19.7. The lowest BCUT2D eigenvalue weighted by Crippen LogP contribution is -2.33. The molecule has 3 aliphatic carbocycles. The van der Waals surface area contributed by atoms with Crippen LogP contribution in [0, 0.1) is 23.2 Å². The summed E-state index contributed by atoms with van der Waals surface area (Å²) in [5.41, 5.74) is 5.21. The van der Waals surface area contributed by atoms with Gasteiger partial charge in [0.2, 0.25) is 0 Å². The molecule has 0 nitrogen and oxygen atoms in total. The second kappa shape index (κ2) is 8.77. The Morgan fingerprint density at radius 1 is 1.04 bits per heavy atom. The summed E-state index contributed by atoms with van der Waals surface area (Å²) < 4.78 is 0. The van der Waals surface area contributed by atoms with Crippen LogP contribution in [0.15, 0.2) is 47.6 Å². The average molecular weight is 353 g/mol. The first-order valence-electron chi connectivity index (χ1n) is 11.2. The maximum absolute atomic E-state index is 4.30. The minimum Gasteiger partial charge on any atom is -0.0956 e. The highest BCUT2D eigenvalue weighted by molar-refractivity contribution is 5.35. The van der Waals surface area contributed by atoms with Crippen molar-refractivity contribution in [2.45, 2.75) is 91.4 Å². The maximum atomic E-state index is 4.30. The predicted molar refractivity (Wildman–Crippen MR) is 115 cm³/mol. The van der Waals surface area contributed by atoms with Crippen LogP contribution in [0.3, 0.4) is 0 Å². The molecule has 26 heavy (non-hydrogen) atoms. The van der Waals surface area contributed by atoms with Gasteiger partial charge in [0, 0.05) is 0 Å². The molecule has 0 aromatic rings. The van der Waals surface area contributed by atoms with E-state index in [9.17, 15) is 0 Å². The Labute approximate surface area is 162 Å². The molecule has 0 amide bonds. The topological polar surface area (TPSA) is 0 Å². The van der Waals surface area contributed by atoms with Crippen molar-refractivity contribution in [1.82, 2.24) is 0 Å². The molecule has 0 aromatic carbocycles. The summed E-state index contributed by atoms with van der Waals surface area (Å²) in [5.74, 6) is 2.50. The van der Waals surface area contributed by atoms with Crippen LogP contribution in [0.2, 0.25) is 0 Å². The quantitative estimate of drug-likeness (QED) is 0.437. The van der Waals surface area contributed by atoms with Crippen molar-refractivity contribution in [1.29, 1.82) is 0 Å². The van der Waals surface area contributed by atoms with E-state index in [1.165, 1.54) is 81.8 Å². The summed E-state index contributed by atoms with van der Waals surface area (Å²) in [6.07, 6.45) is 24.5. The first-order chi connectivity index (χ1) is 12.5. The molecule has 144 valence electrons. The van der Waals surface area contributed by atoms with Crippen molar-refractivity contribution in [2.24, 2.45) is 23.2 Å². The van der Waals surface area contributed by atoms with Crippen molar-refractivity contribution in [3.05, 3.63) is 47.6 Å². The molecule has 0 aromatic heterocycles. The molecule has 0 saturated heterocycles. The Kier molecular flexibility index (Phi) is 6.65. The van der Waals surface area contributed by atoms with Crippen LogP contribution in [0.1, 0.15) is 91.4 Å². The van der Waals surface area contributed by atoms with Crippen molar-refractivity contribution >= 4 is 0 Å². The summed E-state index contributed by atoms with van der Waals surface area (Å²) >= 11 is 0. The highest BCUT2D eigenvalue weighted by Crippen LogP contribution is 2.58. The minimum atomic E-state index is 0.536. The van der Waals surface area contributed by atoms with E-state index >= 15 is 0 Å². The fourth-order valence-electron chi connectivity index (χ4n) is 5.76. The normalized spacial score (nSPS) is 35.8. The molecular weight excluding hydrogens is 312 g/mol. The lowest BCUT2D eigenvalue weighted by molar-refractivity contribution is 0.137. The maximum Gasteiger partial charge on any atom is -0.0143 e. The third kappa shape index (κ3) is 4.44. The molecular formula is C26H40. The number of allylic oxidation sites excluding steroid dienone is 7. The molecule has 0 aliphatic heterocycles. The summed E-state index contributed by atoms with van der Waals surface area (Å²) in [6, 6.07) is 0. The standard InChI is InChI=1S/C26H40/c1-20(2)10-5-8-14-24-17-18-25-23(13-9-19-26(24,25)4)16-15-22-12-7-6-11-21(22)3/h5,8,15-16,20,24-25H,3,6-7,9-14,17-19H2,1-2,4H3/b8-5+,22-15+,23-16+. The van der Waals surface area contributed by atoms with Crippen LogP contribution in [0.25, 0.3) is 0 Å². The first-order valence-corrected chi connectivity index (χ1v) is 11.2. The van der Waals surface area contributed by atoms with Gasteiger partial charge in [0.25, 0.3) is 0 Å². The Morgan fingerprint density at radius 2 is 1.85 bits per heavy atom. The van der Waals surface area contributed by atoms with E-state index in [4.69, 9.17) is 0 Å². The van der Waals surface area contributed by atoms with Gasteiger partial charge in [-0.3, -0.25) is 0 Å². The molecule has 3 aliphatic rings. The average Bonchev–Trinajstić information content (AvgIpc) is 2.95. The highest BCUT2D eigenvalue weighted by Gasteiger charge is 2.48. The third-order valence-electron chi connectivity index (χ3n) is 7.48. The van der Waals surface area contributed by atoms with Gasteiger partial charge in [-0.05, 0) is 99.4 Å². The van der Waals surface area contributed by atoms with Gasteiger partial charge in [-0.15, -0.1) is 0 Å². The molecule has 0 bridgehead atoms. The highest BCUT2D eigenvalue weighted by atomic mass is 14.5. The van der Waals surface area contributed by atoms with E-state index in [0.717, 1.165) is 17.8 Å². The van der Waals surface area contributed by atoms with Crippen LogP contribution in [0.4, 0.5) is 0 Å². The van der Waals surface area contributed by atoms with Gasteiger partial charge in [-0.2, -0.15) is 0 Å². The van der Waals surface area contributed by atoms with E-state index in [0.29, 0.717) is 5.41 Å². The fraction of sp³-hybridized carbons (Fsp3) is 0.692. The Bertz CT molecular complexity index is 585. The van der Waals surface area contributed by atoms with Gasteiger partial charge in [0.05, 0.1) is 0 Å². The smallest absolute Gasteiger partial charge is 0.0143 e. The number of fused-ring (bicyclic) bond motifs is 1. The van der Waals surface area contributed by atoms with Gasteiger partial charge >= 0.3 is 0 Å². The number of hydrogen-bond donors (Lipinski definition) is 0. The lowest BCUT2D eigenvalue weighted by Gasteiger charge is -2.42. The Balaban J connectivity index is 1.68. The monoisotopic (exact) mass is 352 g/mol. The van der Waals surface area contributed by atoms with E-state index in [1.807, 2.05) is 0 Å². The molecule has 0 heteroatoms.